The lowest BCUT2D eigenvalue weighted by molar-refractivity contribution is 0.324. The Morgan fingerprint density at radius 1 is 1.05 bits per heavy atom. The lowest BCUT2D eigenvalue weighted by Gasteiger charge is -2.16. The molecule has 0 saturated heterocycles. The monoisotopic (exact) mass is 557 g/mol. The van der Waals surface area contributed by atoms with Crippen LogP contribution in [0.4, 0.5) is 5.82 Å². The van der Waals surface area contributed by atoms with Gasteiger partial charge in [0.05, 0.1) is 31.9 Å². The minimum atomic E-state index is -3.75. The average molecular weight is 558 g/mol. The van der Waals surface area contributed by atoms with E-state index in [1.54, 1.807) is 24.3 Å². The number of sulfonamides is 1. The van der Waals surface area contributed by atoms with E-state index in [2.05, 4.69) is 23.3 Å². The average Bonchev–Trinajstić information content (AvgIpc) is 2.91. The Labute approximate surface area is 227 Å². The summed E-state index contributed by atoms with van der Waals surface area (Å²) in [5.41, 5.74) is 2.25. The number of hydrogen-bond acceptors (Lipinski definition) is 10. The molecule has 0 aliphatic carbocycles. The molecule has 0 spiro atoms. The molecule has 0 radical (unpaired) electrons. The molecule has 10 nitrogen and oxygen atoms in total. The maximum Gasteiger partial charge on any atom is 0.238 e. The smallest absolute Gasteiger partial charge is 0.238 e. The number of methoxy groups -OCH3 is 3. The summed E-state index contributed by atoms with van der Waals surface area (Å²) in [5.74, 6) is 2.58. The van der Waals surface area contributed by atoms with E-state index >= 15 is 0 Å². The maximum absolute atomic E-state index is 11.5. The molecule has 0 aliphatic rings. The number of nitriles is 1. The second-order valence-electron chi connectivity index (χ2n) is 8.17. The molecule has 0 bridgehead atoms. The number of primary sulfonamides is 1. The minimum absolute atomic E-state index is 0.0560. The molecule has 0 amide bonds. The number of aromatic nitrogens is 2. The molecular formula is C26H31N5O5S2. The van der Waals surface area contributed by atoms with Gasteiger partial charge < -0.3 is 19.5 Å². The third-order valence-corrected chi connectivity index (χ3v) is 7.49. The summed E-state index contributed by atoms with van der Waals surface area (Å²) >= 11 is 1.52. The Morgan fingerprint density at radius 3 is 2.24 bits per heavy atom. The van der Waals surface area contributed by atoms with E-state index in [9.17, 15) is 13.7 Å². The Hall–Kier alpha value is -3.53. The highest BCUT2D eigenvalue weighted by atomic mass is 32.2. The molecule has 0 atom stereocenters. The van der Waals surface area contributed by atoms with Gasteiger partial charge in [0.15, 0.2) is 16.7 Å². The Balaban J connectivity index is 1.98. The predicted octanol–water partition coefficient (Wildman–Crippen LogP) is 4.24. The molecule has 0 aliphatic heterocycles. The fraction of sp³-hybridized carbons (Fsp3) is 0.346. The van der Waals surface area contributed by atoms with Crippen LogP contribution >= 0.6 is 11.8 Å². The number of rotatable bonds is 13. The first-order chi connectivity index (χ1) is 18.2. The molecule has 1 heterocycles. The molecule has 1 aromatic heterocycles. The molecule has 0 fully saturated rings. The number of unbranched alkanes of at least 4 members (excludes halogenated alkanes) is 1. The minimum Gasteiger partial charge on any atom is -0.493 e. The lowest BCUT2D eigenvalue weighted by atomic mass is 10.1. The van der Waals surface area contributed by atoms with Crippen LogP contribution < -0.4 is 24.7 Å². The predicted molar refractivity (Wildman–Crippen MR) is 147 cm³/mol. The first kappa shape index (κ1) is 29.0. The summed E-state index contributed by atoms with van der Waals surface area (Å²) in [6.45, 7) is 2.57. The van der Waals surface area contributed by atoms with Gasteiger partial charge in [0, 0.05) is 17.9 Å². The Kier molecular flexibility index (Phi) is 10.2. The quantitative estimate of drug-likeness (QED) is 0.177. The van der Waals surface area contributed by atoms with Crippen LogP contribution in [0, 0.1) is 11.3 Å². The summed E-state index contributed by atoms with van der Waals surface area (Å²) in [5, 5.41) is 19.1. The Morgan fingerprint density at radius 2 is 1.71 bits per heavy atom. The van der Waals surface area contributed by atoms with Gasteiger partial charge in [-0.3, -0.25) is 0 Å². The van der Waals surface area contributed by atoms with Crippen molar-refractivity contribution in [2.75, 3.05) is 38.9 Å². The largest absolute Gasteiger partial charge is 0.493 e. The maximum atomic E-state index is 11.5. The number of anilines is 1. The number of nitrogens with one attached hydrogen (secondary N) is 1. The van der Waals surface area contributed by atoms with E-state index in [4.69, 9.17) is 24.3 Å². The molecule has 0 saturated carbocycles. The van der Waals surface area contributed by atoms with Crippen molar-refractivity contribution in [2.45, 2.75) is 36.2 Å². The van der Waals surface area contributed by atoms with Gasteiger partial charge in [-0.1, -0.05) is 37.2 Å². The second-order valence-corrected chi connectivity index (χ2v) is 10.8. The van der Waals surface area contributed by atoms with Gasteiger partial charge >= 0.3 is 0 Å². The topological polar surface area (TPSA) is 149 Å². The van der Waals surface area contributed by atoms with Crippen molar-refractivity contribution in [1.29, 1.82) is 5.26 Å². The fourth-order valence-electron chi connectivity index (χ4n) is 3.64. The van der Waals surface area contributed by atoms with E-state index in [-0.39, 0.29) is 10.5 Å². The first-order valence-corrected chi connectivity index (χ1v) is 14.4. The highest BCUT2D eigenvalue weighted by Gasteiger charge is 2.21. The number of nitrogens with zero attached hydrogens (tertiary/aromatic N) is 3. The zero-order chi connectivity index (χ0) is 27.7. The zero-order valence-corrected chi connectivity index (χ0v) is 23.4. The van der Waals surface area contributed by atoms with Gasteiger partial charge in [-0.2, -0.15) is 5.26 Å². The number of hydrogen-bond donors (Lipinski definition) is 2. The third kappa shape index (κ3) is 7.06. The molecule has 3 N–H and O–H groups in total. The van der Waals surface area contributed by atoms with Crippen LogP contribution in [0.3, 0.4) is 0 Å². The zero-order valence-electron chi connectivity index (χ0n) is 21.8. The van der Waals surface area contributed by atoms with Gasteiger partial charge in [-0.15, -0.1) is 0 Å². The van der Waals surface area contributed by atoms with Crippen molar-refractivity contribution in [1.82, 2.24) is 9.97 Å². The van der Waals surface area contributed by atoms with Crippen molar-refractivity contribution in [3.8, 4) is 34.6 Å². The molecule has 38 heavy (non-hydrogen) atoms. The highest BCUT2D eigenvalue weighted by Crippen LogP contribution is 2.42. The van der Waals surface area contributed by atoms with E-state index in [1.807, 2.05) is 0 Å². The highest BCUT2D eigenvalue weighted by molar-refractivity contribution is 7.99. The van der Waals surface area contributed by atoms with Gasteiger partial charge in [-0.05, 0) is 42.7 Å². The molecule has 202 valence electrons. The summed E-state index contributed by atoms with van der Waals surface area (Å²) < 4.78 is 39.4. The normalized spacial score (nSPS) is 11.1. The van der Waals surface area contributed by atoms with Crippen LogP contribution in [-0.2, 0) is 16.4 Å². The molecular weight excluding hydrogens is 526 g/mol. The number of thioether (sulfide) groups is 1. The van der Waals surface area contributed by atoms with Crippen LogP contribution in [0.15, 0.2) is 46.5 Å². The van der Waals surface area contributed by atoms with E-state index in [0.717, 1.165) is 24.2 Å². The molecule has 3 rings (SSSR count). The van der Waals surface area contributed by atoms with Gasteiger partial charge in [0.25, 0.3) is 0 Å². The summed E-state index contributed by atoms with van der Waals surface area (Å²) in [4.78, 5) is 9.41. The first-order valence-electron chi connectivity index (χ1n) is 11.9. The number of ether oxygens (including phenoxy) is 3. The number of nitrogens with two attached hydrogens (primary N) is 1. The van der Waals surface area contributed by atoms with Crippen molar-refractivity contribution >= 4 is 27.6 Å². The van der Waals surface area contributed by atoms with Crippen molar-refractivity contribution in [3.05, 3.63) is 47.5 Å². The Bertz CT molecular complexity index is 1380. The van der Waals surface area contributed by atoms with E-state index in [1.165, 1.54) is 45.2 Å². The van der Waals surface area contributed by atoms with Gasteiger partial charge in [-0.25, -0.2) is 23.5 Å². The molecule has 3 aromatic rings. The van der Waals surface area contributed by atoms with Crippen molar-refractivity contribution < 1.29 is 22.6 Å². The second kappa shape index (κ2) is 13.3. The molecule has 0 unspecified atom stereocenters. The molecule has 12 heteroatoms. The van der Waals surface area contributed by atoms with E-state index in [0.29, 0.717) is 52.4 Å². The van der Waals surface area contributed by atoms with Crippen LogP contribution in [0.25, 0.3) is 11.3 Å². The third-order valence-electron chi connectivity index (χ3n) is 5.63. The van der Waals surface area contributed by atoms with Crippen LogP contribution in [0.5, 0.6) is 17.2 Å². The van der Waals surface area contributed by atoms with Crippen molar-refractivity contribution in [3.63, 3.8) is 0 Å². The van der Waals surface area contributed by atoms with Crippen LogP contribution in [-0.4, -0.2) is 52.0 Å². The van der Waals surface area contributed by atoms with Crippen LogP contribution in [0.2, 0.25) is 0 Å². The van der Waals surface area contributed by atoms with Gasteiger partial charge in [0.1, 0.15) is 17.5 Å². The summed E-state index contributed by atoms with van der Waals surface area (Å²) in [7, 11) is 0.834. The van der Waals surface area contributed by atoms with E-state index < -0.39 is 10.0 Å². The van der Waals surface area contributed by atoms with Gasteiger partial charge in [0.2, 0.25) is 15.8 Å². The number of benzene rings is 2. The van der Waals surface area contributed by atoms with Crippen LogP contribution in [0.1, 0.15) is 30.9 Å². The summed E-state index contributed by atoms with van der Waals surface area (Å²) in [6.07, 6.45) is 2.61. The standard InChI is InChI=1S/C26H31N5O5S2/c1-5-6-13-37-26-30-23(18-14-21(34-2)24(36-4)22(15-18)35-3)20(16-27)25(31-26)29-12-11-17-7-9-19(10-8-17)38(28,32)33/h7-10,14-15H,5-6,11-13H2,1-4H3,(H2,28,32,33)(H,29,30,31). The molecule has 2 aromatic carbocycles. The fourth-order valence-corrected chi connectivity index (χ4v) is 5.09. The lowest BCUT2D eigenvalue weighted by Crippen LogP contribution is -2.12. The summed E-state index contributed by atoms with van der Waals surface area (Å²) in [6, 6.07) is 12.1. The van der Waals surface area contributed by atoms with Crippen molar-refractivity contribution in [2.24, 2.45) is 5.14 Å². The SMILES string of the molecule is CCCCSc1nc(NCCc2ccc(S(N)(=O)=O)cc2)c(C#N)c(-c2cc(OC)c(OC)c(OC)c2)n1.